The third-order valence-electron chi connectivity index (χ3n) is 3.48. The third-order valence-corrected chi connectivity index (χ3v) is 5.39. The molecule has 0 radical (unpaired) electrons. The van der Waals surface area contributed by atoms with Crippen molar-refractivity contribution >= 4 is 9.84 Å². The van der Waals surface area contributed by atoms with Gasteiger partial charge in [-0.3, -0.25) is 4.68 Å². The summed E-state index contributed by atoms with van der Waals surface area (Å²) in [5.74, 6) is 0.530. The third kappa shape index (κ3) is 2.92. The first kappa shape index (κ1) is 13.5. The predicted octanol–water partition coefficient (Wildman–Crippen LogP) is 0.878. The highest BCUT2D eigenvalue weighted by Crippen LogP contribution is 2.23. The Morgan fingerprint density at radius 2 is 2.28 bits per heavy atom. The highest BCUT2D eigenvalue weighted by molar-refractivity contribution is 7.91. The fourth-order valence-corrected chi connectivity index (χ4v) is 4.59. The Bertz CT molecular complexity index is 536. The molecule has 1 aliphatic heterocycles. The molecule has 1 aromatic heterocycles. The van der Waals surface area contributed by atoms with Gasteiger partial charge in [0.1, 0.15) is 0 Å². The van der Waals surface area contributed by atoms with Gasteiger partial charge in [-0.05, 0) is 33.3 Å². The second-order valence-electron chi connectivity index (χ2n) is 5.35. The van der Waals surface area contributed by atoms with Crippen molar-refractivity contribution < 1.29 is 8.42 Å². The summed E-state index contributed by atoms with van der Waals surface area (Å²) in [5, 5.41) is 7.76. The van der Waals surface area contributed by atoms with Crippen LogP contribution >= 0.6 is 0 Å². The molecule has 1 saturated heterocycles. The standard InChI is InChI=1S/C12H21N3O2S/c1-4-15-11(7-10(2)14-15)8-13-12(3)5-6-18(16,17)9-12/h7,13H,4-6,8-9H2,1-3H3. The molecular formula is C12H21N3O2S. The van der Waals surface area contributed by atoms with E-state index in [2.05, 4.69) is 17.3 Å². The van der Waals surface area contributed by atoms with Gasteiger partial charge in [-0.25, -0.2) is 8.42 Å². The summed E-state index contributed by atoms with van der Waals surface area (Å²) in [5.41, 5.74) is 1.81. The molecule has 1 unspecified atom stereocenters. The van der Waals surface area contributed by atoms with Gasteiger partial charge in [0.05, 0.1) is 22.9 Å². The normalized spacial score (nSPS) is 26.6. The lowest BCUT2D eigenvalue weighted by Crippen LogP contribution is -2.43. The monoisotopic (exact) mass is 271 g/mol. The maximum Gasteiger partial charge on any atom is 0.152 e. The molecule has 1 aliphatic rings. The van der Waals surface area contributed by atoms with E-state index in [4.69, 9.17) is 0 Å². The highest BCUT2D eigenvalue weighted by Gasteiger charge is 2.37. The first-order valence-corrected chi connectivity index (χ1v) is 8.14. The number of nitrogens with zero attached hydrogens (tertiary/aromatic N) is 2. The summed E-state index contributed by atoms with van der Waals surface area (Å²) >= 11 is 0. The lowest BCUT2D eigenvalue weighted by molar-refractivity contribution is 0.387. The van der Waals surface area contributed by atoms with Crippen LogP contribution in [0.2, 0.25) is 0 Å². The zero-order valence-electron chi connectivity index (χ0n) is 11.2. The number of aromatic nitrogens is 2. The number of aryl methyl sites for hydroxylation is 2. The predicted molar refractivity (Wildman–Crippen MR) is 71.2 cm³/mol. The quantitative estimate of drug-likeness (QED) is 0.883. The molecule has 1 N–H and O–H groups in total. The van der Waals surface area contributed by atoms with Crippen LogP contribution in [0.5, 0.6) is 0 Å². The largest absolute Gasteiger partial charge is 0.305 e. The van der Waals surface area contributed by atoms with Crippen molar-refractivity contribution in [2.75, 3.05) is 11.5 Å². The molecule has 2 rings (SSSR count). The maximum absolute atomic E-state index is 11.5. The van der Waals surface area contributed by atoms with E-state index in [1.54, 1.807) is 0 Å². The second kappa shape index (κ2) is 4.66. The lowest BCUT2D eigenvalue weighted by Gasteiger charge is -2.24. The average Bonchev–Trinajstić information content (AvgIpc) is 2.77. The first-order valence-electron chi connectivity index (χ1n) is 6.32. The average molecular weight is 271 g/mol. The van der Waals surface area contributed by atoms with Crippen LogP contribution in [-0.4, -0.2) is 35.2 Å². The van der Waals surface area contributed by atoms with Crippen LogP contribution in [0.3, 0.4) is 0 Å². The molecule has 6 heteroatoms. The van der Waals surface area contributed by atoms with Gasteiger partial charge in [0.25, 0.3) is 0 Å². The smallest absolute Gasteiger partial charge is 0.152 e. The summed E-state index contributed by atoms with van der Waals surface area (Å²) in [6.45, 7) is 7.51. The number of hydrogen-bond acceptors (Lipinski definition) is 4. The molecule has 102 valence electrons. The van der Waals surface area contributed by atoms with Gasteiger partial charge >= 0.3 is 0 Å². The molecule has 2 heterocycles. The summed E-state index contributed by atoms with van der Waals surface area (Å²) in [4.78, 5) is 0. The van der Waals surface area contributed by atoms with Gasteiger partial charge < -0.3 is 5.32 Å². The van der Waals surface area contributed by atoms with E-state index in [1.165, 1.54) is 0 Å². The van der Waals surface area contributed by atoms with Crippen molar-refractivity contribution in [3.8, 4) is 0 Å². The molecule has 0 bridgehead atoms. The molecule has 0 spiro atoms. The van der Waals surface area contributed by atoms with Crippen molar-refractivity contribution in [2.45, 2.75) is 45.8 Å². The van der Waals surface area contributed by atoms with Crippen LogP contribution in [0, 0.1) is 6.92 Å². The van der Waals surface area contributed by atoms with Crippen LogP contribution in [0.1, 0.15) is 31.7 Å². The molecule has 5 nitrogen and oxygen atoms in total. The van der Waals surface area contributed by atoms with Crippen LogP contribution in [0.15, 0.2) is 6.07 Å². The molecule has 1 atom stereocenters. The lowest BCUT2D eigenvalue weighted by atomic mass is 10.0. The second-order valence-corrected chi connectivity index (χ2v) is 7.53. The zero-order valence-corrected chi connectivity index (χ0v) is 12.0. The van der Waals surface area contributed by atoms with Gasteiger partial charge in [0.2, 0.25) is 0 Å². The van der Waals surface area contributed by atoms with Crippen molar-refractivity contribution in [2.24, 2.45) is 0 Å². The Labute approximate surface area is 108 Å². The van der Waals surface area contributed by atoms with E-state index in [-0.39, 0.29) is 11.3 Å². The number of sulfone groups is 1. The van der Waals surface area contributed by atoms with Gasteiger partial charge in [0.15, 0.2) is 9.84 Å². The molecule has 18 heavy (non-hydrogen) atoms. The van der Waals surface area contributed by atoms with Crippen LogP contribution in [0.4, 0.5) is 0 Å². The maximum atomic E-state index is 11.5. The van der Waals surface area contributed by atoms with Gasteiger partial charge in [-0.15, -0.1) is 0 Å². The molecule has 0 aliphatic carbocycles. The fourth-order valence-electron chi connectivity index (χ4n) is 2.47. The van der Waals surface area contributed by atoms with E-state index < -0.39 is 9.84 Å². The van der Waals surface area contributed by atoms with Crippen molar-refractivity contribution in [1.29, 1.82) is 0 Å². The zero-order chi connectivity index (χ0) is 13.4. The Hall–Kier alpha value is -0.880. The molecule has 1 aromatic rings. The van der Waals surface area contributed by atoms with Crippen molar-refractivity contribution in [3.05, 3.63) is 17.5 Å². The Kier molecular flexibility index (Phi) is 3.51. The van der Waals surface area contributed by atoms with E-state index in [0.29, 0.717) is 18.7 Å². The van der Waals surface area contributed by atoms with E-state index in [1.807, 2.05) is 24.6 Å². The topological polar surface area (TPSA) is 64.0 Å². The number of rotatable bonds is 4. The molecule has 1 fully saturated rings. The van der Waals surface area contributed by atoms with Gasteiger partial charge in [0, 0.05) is 18.6 Å². The van der Waals surface area contributed by atoms with E-state index >= 15 is 0 Å². The highest BCUT2D eigenvalue weighted by atomic mass is 32.2. The summed E-state index contributed by atoms with van der Waals surface area (Å²) in [6.07, 6.45) is 0.689. The van der Waals surface area contributed by atoms with Gasteiger partial charge in [-0.1, -0.05) is 0 Å². The minimum absolute atomic E-state index is 0.235. The Balaban J connectivity index is 2.03. The van der Waals surface area contributed by atoms with Crippen molar-refractivity contribution in [3.63, 3.8) is 0 Å². The first-order chi connectivity index (χ1) is 8.34. The van der Waals surface area contributed by atoms with Crippen molar-refractivity contribution in [1.82, 2.24) is 15.1 Å². The van der Waals surface area contributed by atoms with Gasteiger partial charge in [-0.2, -0.15) is 5.10 Å². The van der Waals surface area contributed by atoms with E-state index in [9.17, 15) is 8.42 Å². The van der Waals surface area contributed by atoms with Crippen LogP contribution in [-0.2, 0) is 22.9 Å². The fraction of sp³-hybridized carbons (Fsp3) is 0.750. The minimum Gasteiger partial charge on any atom is -0.305 e. The summed E-state index contributed by atoms with van der Waals surface area (Å²) < 4.78 is 25.0. The molecule has 0 amide bonds. The minimum atomic E-state index is -2.85. The number of nitrogens with one attached hydrogen (secondary N) is 1. The SMILES string of the molecule is CCn1nc(C)cc1CNC1(C)CCS(=O)(=O)C1. The van der Waals surface area contributed by atoms with Crippen LogP contribution in [0.25, 0.3) is 0 Å². The Morgan fingerprint density at radius 3 is 2.83 bits per heavy atom. The molecular weight excluding hydrogens is 250 g/mol. The Morgan fingerprint density at radius 1 is 1.56 bits per heavy atom. The van der Waals surface area contributed by atoms with Crippen LogP contribution < -0.4 is 5.32 Å². The summed E-state index contributed by atoms with van der Waals surface area (Å²) in [7, 11) is -2.85. The summed E-state index contributed by atoms with van der Waals surface area (Å²) in [6, 6.07) is 2.04. The molecule has 0 saturated carbocycles. The number of hydrogen-bond donors (Lipinski definition) is 1. The molecule has 0 aromatic carbocycles. The van der Waals surface area contributed by atoms with E-state index in [0.717, 1.165) is 17.9 Å².